The summed E-state index contributed by atoms with van der Waals surface area (Å²) < 4.78 is 0. The number of amides is 1. The zero-order valence-corrected chi connectivity index (χ0v) is 15.1. The number of nitrogens with two attached hydrogens (primary N) is 1. The quantitative estimate of drug-likeness (QED) is 0.730. The van der Waals surface area contributed by atoms with Crippen LogP contribution in [0.2, 0.25) is 5.02 Å². The molecule has 0 radical (unpaired) electrons. The van der Waals surface area contributed by atoms with E-state index in [1.54, 1.807) is 6.92 Å². The van der Waals surface area contributed by atoms with E-state index in [4.69, 9.17) is 17.3 Å². The summed E-state index contributed by atoms with van der Waals surface area (Å²) in [6, 6.07) is 13.7. The van der Waals surface area contributed by atoms with Gasteiger partial charge in [0.05, 0.1) is 17.3 Å². The molecule has 0 saturated heterocycles. The fourth-order valence-corrected chi connectivity index (χ4v) is 2.72. The molecule has 0 aliphatic heterocycles. The highest BCUT2D eigenvalue weighted by Gasteiger charge is 2.18. The SMILES string of the molecule is Cc1ncc(Cl)c(C(=O)N[C@@H](CN)c2ccc3ccccc3c2)n1.Cl. The highest BCUT2D eigenvalue weighted by atomic mass is 35.5. The van der Waals surface area contributed by atoms with Crippen molar-refractivity contribution >= 4 is 40.7 Å². The maximum absolute atomic E-state index is 12.5. The molecule has 1 amide bonds. The van der Waals surface area contributed by atoms with Gasteiger partial charge in [-0.3, -0.25) is 4.79 Å². The van der Waals surface area contributed by atoms with Gasteiger partial charge in [0.15, 0.2) is 0 Å². The average molecular weight is 377 g/mol. The van der Waals surface area contributed by atoms with Crippen LogP contribution in [0.4, 0.5) is 0 Å². The standard InChI is InChI=1S/C18H17ClN4O.ClH/c1-11-21-10-15(19)17(22-11)18(24)23-16(9-20)14-7-6-12-4-2-3-5-13(12)8-14;/h2-8,10,16H,9,20H2,1H3,(H,23,24);1H/t16-;/m0./s1. The van der Waals surface area contributed by atoms with E-state index in [9.17, 15) is 4.79 Å². The van der Waals surface area contributed by atoms with Crippen molar-refractivity contribution in [3.63, 3.8) is 0 Å². The Balaban J connectivity index is 0.00000225. The van der Waals surface area contributed by atoms with Crippen LogP contribution < -0.4 is 11.1 Å². The third kappa shape index (κ3) is 4.25. The lowest BCUT2D eigenvalue weighted by Gasteiger charge is -2.18. The number of nitrogens with zero attached hydrogens (tertiary/aromatic N) is 2. The molecule has 1 aromatic heterocycles. The smallest absolute Gasteiger partial charge is 0.272 e. The van der Waals surface area contributed by atoms with Gasteiger partial charge in [0.1, 0.15) is 11.5 Å². The summed E-state index contributed by atoms with van der Waals surface area (Å²) >= 11 is 6.02. The van der Waals surface area contributed by atoms with Gasteiger partial charge in [0, 0.05) is 6.54 Å². The summed E-state index contributed by atoms with van der Waals surface area (Å²) in [5.41, 5.74) is 6.96. The normalized spacial score (nSPS) is 11.6. The largest absolute Gasteiger partial charge is 0.343 e. The van der Waals surface area contributed by atoms with Gasteiger partial charge in [0.2, 0.25) is 0 Å². The third-order valence-corrected chi connectivity index (χ3v) is 4.07. The molecule has 0 bridgehead atoms. The lowest BCUT2D eigenvalue weighted by atomic mass is 10.0. The van der Waals surface area contributed by atoms with Gasteiger partial charge >= 0.3 is 0 Å². The van der Waals surface area contributed by atoms with Crippen LogP contribution in [0.1, 0.15) is 27.9 Å². The van der Waals surface area contributed by atoms with E-state index in [0.717, 1.165) is 16.3 Å². The third-order valence-electron chi connectivity index (χ3n) is 3.80. The van der Waals surface area contributed by atoms with Crippen molar-refractivity contribution in [1.82, 2.24) is 15.3 Å². The van der Waals surface area contributed by atoms with E-state index < -0.39 is 0 Å². The Morgan fingerprint density at radius 3 is 2.68 bits per heavy atom. The highest BCUT2D eigenvalue weighted by Crippen LogP contribution is 2.21. The summed E-state index contributed by atoms with van der Waals surface area (Å²) in [5, 5.41) is 5.34. The van der Waals surface area contributed by atoms with E-state index in [1.807, 2.05) is 42.5 Å². The first kappa shape index (κ1) is 19.1. The second-order valence-electron chi connectivity index (χ2n) is 5.48. The van der Waals surface area contributed by atoms with Crippen molar-refractivity contribution in [3.05, 3.63) is 70.8 Å². The van der Waals surface area contributed by atoms with Crippen molar-refractivity contribution in [2.45, 2.75) is 13.0 Å². The predicted octanol–water partition coefficient (Wildman–Crippen LogP) is 3.44. The Kier molecular flexibility index (Phi) is 6.31. The van der Waals surface area contributed by atoms with Crippen molar-refractivity contribution in [2.24, 2.45) is 5.73 Å². The van der Waals surface area contributed by atoms with Crippen LogP contribution in [-0.2, 0) is 0 Å². The number of nitrogens with one attached hydrogen (secondary N) is 1. The molecule has 0 fully saturated rings. The van der Waals surface area contributed by atoms with Crippen molar-refractivity contribution in [2.75, 3.05) is 6.54 Å². The van der Waals surface area contributed by atoms with Crippen molar-refractivity contribution in [1.29, 1.82) is 0 Å². The Hall–Kier alpha value is -2.21. The molecular weight excluding hydrogens is 359 g/mol. The number of carbonyl (C=O) groups is 1. The molecule has 3 rings (SSSR count). The number of hydrogen-bond acceptors (Lipinski definition) is 4. The van der Waals surface area contributed by atoms with Crippen LogP contribution >= 0.6 is 24.0 Å². The van der Waals surface area contributed by atoms with Gasteiger partial charge in [-0.05, 0) is 29.3 Å². The molecule has 0 aliphatic carbocycles. The number of aryl methyl sites for hydroxylation is 1. The molecule has 1 heterocycles. The average Bonchev–Trinajstić information content (AvgIpc) is 2.61. The Labute approximate surface area is 157 Å². The first-order chi connectivity index (χ1) is 11.6. The molecule has 0 spiro atoms. The zero-order valence-electron chi connectivity index (χ0n) is 13.6. The minimum atomic E-state index is -0.367. The van der Waals surface area contributed by atoms with E-state index in [2.05, 4.69) is 15.3 Å². The molecule has 0 saturated carbocycles. The minimum absolute atomic E-state index is 0. The molecule has 3 aromatic rings. The molecule has 1 atom stereocenters. The number of carbonyl (C=O) groups excluding carboxylic acids is 1. The van der Waals surface area contributed by atoms with E-state index in [1.165, 1.54) is 6.20 Å². The number of hydrogen-bond donors (Lipinski definition) is 2. The topological polar surface area (TPSA) is 80.9 Å². The molecule has 7 heteroatoms. The van der Waals surface area contributed by atoms with Crippen LogP contribution in [0.25, 0.3) is 10.8 Å². The van der Waals surface area contributed by atoms with Crippen molar-refractivity contribution in [3.8, 4) is 0 Å². The van der Waals surface area contributed by atoms with Gasteiger partial charge in [-0.15, -0.1) is 12.4 Å². The highest BCUT2D eigenvalue weighted by molar-refractivity contribution is 6.33. The molecule has 0 aliphatic rings. The zero-order chi connectivity index (χ0) is 17.1. The molecule has 25 heavy (non-hydrogen) atoms. The van der Waals surface area contributed by atoms with Gasteiger partial charge in [-0.1, -0.05) is 48.0 Å². The van der Waals surface area contributed by atoms with E-state index in [0.29, 0.717) is 5.82 Å². The minimum Gasteiger partial charge on any atom is -0.343 e. The predicted molar refractivity (Wildman–Crippen MR) is 102 cm³/mol. The molecular formula is C18H18Cl2N4O. The fourth-order valence-electron chi connectivity index (χ4n) is 2.54. The molecule has 2 aromatic carbocycles. The molecule has 130 valence electrons. The Bertz CT molecular complexity index is 901. The van der Waals surface area contributed by atoms with Crippen molar-refractivity contribution < 1.29 is 4.79 Å². The van der Waals surface area contributed by atoms with Gasteiger partial charge < -0.3 is 11.1 Å². The second-order valence-corrected chi connectivity index (χ2v) is 5.89. The molecule has 5 nitrogen and oxygen atoms in total. The summed E-state index contributed by atoms with van der Waals surface area (Å²) in [5.74, 6) is 0.119. The summed E-state index contributed by atoms with van der Waals surface area (Å²) in [4.78, 5) is 20.6. The monoisotopic (exact) mass is 376 g/mol. The first-order valence-corrected chi connectivity index (χ1v) is 7.95. The Morgan fingerprint density at radius 2 is 1.96 bits per heavy atom. The van der Waals surface area contributed by atoms with Gasteiger partial charge in [-0.2, -0.15) is 0 Å². The fraction of sp³-hybridized carbons (Fsp3) is 0.167. The summed E-state index contributed by atoms with van der Waals surface area (Å²) in [6.07, 6.45) is 1.42. The van der Waals surface area contributed by atoms with Crippen LogP contribution in [-0.4, -0.2) is 22.4 Å². The van der Waals surface area contributed by atoms with Gasteiger partial charge in [0.25, 0.3) is 5.91 Å². The molecule has 3 N–H and O–H groups in total. The summed E-state index contributed by atoms with van der Waals surface area (Å²) in [6.45, 7) is 1.97. The number of fused-ring (bicyclic) bond motifs is 1. The lowest BCUT2D eigenvalue weighted by molar-refractivity contribution is 0.0932. The van der Waals surface area contributed by atoms with Crippen LogP contribution in [0.15, 0.2) is 48.7 Å². The lowest BCUT2D eigenvalue weighted by Crippen LogP contribution is -2.34. The van der Waals surface area contributed by atoms with Gasteiger partial charge in [-0.25, -0.2) is 9.97 Å². The van der Waals surface area contributed by atoms with Crippen LogP contribution in [0.3, 0.4) is 0 Å². The molecule has 0 unspecified atom stereocenters. The maximum Gasteiger partial charge on any atom is 0.272 e. The maximum atomic E-state index is 12.5. The van der Waals surface area contributed by atoms with Crippen LogP contribution in [0.5, 0.6) is 0 Å². The second kappa shape index (κ2) is 8.25. The van der Waals surface area contributed by atoms with E-state index in [-0.39, 0.29) is 41.6 Å². The van der Waals surface area contributed by atoms with Crippen LogP contribution in [0, 0.1) is 6.92 Å². The number of rotatable bonds is 4. The summed E-state index contributed by atoms with van der Waals surface area (Å²) in [7, 11) is 0. The van der Waals surface area contributed by atoms with E-state index >= 15 is 0 Å². The first-order valence-electron chi connectivity index (χ1n) is 7.57. The number of benzene rings is 2. The number of aromatic nitrogens is 2. The number of halogens is 2. The Morgan fingerprint density at radius 1 is 1.24 bits per heavy atom.